The second-order valence-electron chi connectivity index (χ2n) is 5.25. The lowest BCUT2D eigenvalue weighted by Crippen LogP contribution is -2.15. The lowest BCUT2D eigenvalue weighted by atomic mass is 10.0. The molecular weight excluding hydrogens is 208 g/mol. The minimum atomic E-state index is 0.269. The Bertz CT molecular complexity index is 535. The summed E-state index contributed by atoms with van der Waals surface area (Å²) in [6.07, 6.45) is 2.10. The summed E-state index contributed by atoms with van der Waals surface area (Å²) >= 11 is 0. The van der Waals surface area contributed by atoms with Crippen molar-refractivity contribution in [2.24, 2.45) is 5.73 Å². The first kappa shape index (κ1) is 12.2. The first-order chi connectivity index (χ1) is 7.99. The molecule has 2 nitrogen and oxygen atoms in total. The minimum Gasteiger partial charge on any atom is -0.358 e. The zero-order valence-electron chi connectivity index (χ0n) is 11.2. The van der Waals surface area contributed by atoms with E-state index in [9.17, 15) is 0 Å². The van der Waals surface area contributed by atoms with Crippen molar-refractivity contribution in [1.29, 1.82) is 0 Å². The summed E-state index contributed by atoms with van der Waals surface area (Å²) in [5.41, 5.74) is 12.5. The Labute approximate surface area is 103 Å². The van der Waals surface area contributed by atoms with Crippen molar-refractivity contribution < 1.29 is 0 Å². The Hall–Kier alpha value is -1.28. The summed E-state index contributed by atoms with van der Waals surface area (Å²) in [6.45, 7) is 8.55. The van der Waals surface area contributed by atoms with Gasteiger partial charge in [-0.15, -0.1) is 0 Å². The van der Waals surface area contributed by atoms with Crippen molar-refractivity contribution in [3.63, 3.8) is 0 Å². The highest BCUT2D eigenvalue weighted by molar-refractivity contribution is 5.87. The molecule has 0 aliphatic heterocycles. The van der Waals surface area contributed by atoms with Crippen molar-refractivity contribution in [3.05, 3.63) is 34.5 Å². The third kappa shape index (κ3) is 2.37. The van der Waals surface area contributed by atoms with Crippen LogP contribution in [0, 0.1) is 20.8 Å². The molecule has 1 aromatic carbocycles. The molecule has 0 aliphatic rings. The molecule has 1 heterocycles. The number of aromatic nitrogens is 1. The molecule has 1 unspecified atom stereocenters. The molecule has 0 saturated carbocycles. The number of nitrogens with two attached hydrogens (primary N) is 1. The average molecular weight is 230 g/mol. The van der Waals surface area contributed by atoms with Crippen LogP contribution in [-0.2, 0) is 6.42 Å². The third-order valence-electron chi connectivity index (χ3n) is 3.42. The van der Waals surface area contributed by atoms with Gasteiger partial charge in [0, 0.05) is 22.6 Å². The summed E-state index contributed by atoms with van der Waals surface area (Å²) in [6, 6.07) is 4.78. The van der Waals surface area contributed by atoms with Crippen LogP contribution in [0.5, 0.6) is 0 Å². The first-order valence-corrected chi connectivity index (χ1v) is 6.33. The van der Waals surface area contributed by atoms with Gasteiger partial charge in [-0.2, -0.15) is 0 Å². The number of fused-ring (bicyclic) bond motifs is 1. The molecule has 1 aromatic heterocycles. The quantitative estimate of drug-likeness (QED) is 0.834. The van der Waals surface area contributed by atoms with Gasteiger partial charge in [0.2, 0.25) is 0 Å². The summed E-state index contributed by atoms with van der Waals surface area (Å²) in [5.74, 6) is 0. The normalized spacial score (nSPS) is 13.2. The van der Waals surface area contributed by atoms with Gasteiger partial charge < -0.3 is 10.7 Å². The first-order valence-electron chi connectivity index (χ1n) is 6.33. The second kappa shape index (κ2) is 4.53. The maximum absolute atomic E-state index is 5.85. The van der Waals surface area contributed by atoms with Crippen LogP contribution in [0.2, 0.25) is 0 Å². The van der Waals surface area contributed by atoms with Gasteiger partial charge in [0.25, 0.3) is 0 Å². The number of nitrogens with one attached hydrogen (secondary N) is 1. The predicted octanol–water partition coefficient (Wildman–Crippen LogP) is 3.37. The van der Waals surface area contributed by atoms with E-state index in [1.54, 1.807) is 0 Å². The van der Waals surface area contributed by atoms with E-state index in [1.165, 1.54) is 33.3 Å². The Morgan fingerprint density at radius 1 is 1.24 bits per heavy atom. The van der Waals surface area contributed by atoms with Crippen molar-refractivity contribution in [3.8, 4) is 0 Å². The van der Waals surface area contributed by atoms with Crippen LogP contribution < -0.4 is 5.73 Å². The van der Waals surface area contributed by atoms with E-state index in [0.29, 0.717) is 0 Å². The molecular formula is C15H22N2. The molecule has 0 radical (unpaired) electrons. The smallest absolute Gasteiger partial charge is 0.0488 e. The van der Waals surface area contributed by atoms with Gasteiger partial charge in [-0.05, 0) is 57.7 Å². The van der Waals surface area contributed by atoms with E-state index in [4.69, 9.17) is 5.73 Å². The van der Waals surface area contributed by atoms with E-state index < -0.39 is 0 Å². The standard InChI is InChI=1S/C15H22N2/c1-9-7-10(2)15-14(8-9)13(12(4)17-15)6-5-11(3)16/h7-8,11,17H,5-6,16H2,1-4H3. The van der Waals surface area contributed by atoms with Gasteiger partial charge in [-0.1, -0.05) is 11.6 Å². The molecule has 0 saturated heterocycles. The highest BCUT2D eigenvalue weighted by atomic mass is 14.7. The molecule has 0 fully saturated rings. The number of aryl methyl sites for hydroxylation is 4. The number of hydrogen-bond donors (Lipinski definition) is 2. The van der Waals surface area contributed by atoms with Crippen LogP contribution in [0.1, 0.15) is 35.7 Å². The molecule has 2 heteroatoms. The van der Waals surface area contributed by atoms with Gasteiger partial charge in [-0.3, -0.25) is 0 Å². The zero-order chi connectivity index (χ0) is 12.6. The Balaban J connectivity index is 2.50. The molecule has 0 bridgehead atoms. The second-order valence-corrected chi connectivity index (χ2v) is 5.25. The lowest BCUT2D eigenvalue weighted by molar-refractivity contribution is 0.666. The molecule has 0 aliphatic carbocycles. The Morgan fingerprint density at radius 2 is 1.94 bits per heavy atom. The highest BCUT2D eigenvalue weighted by Crippen LogP contribution is 2.27. The average Bonchev–Trinajstić information content (AvgIpc) is 2.52. The van der Waals surface area contributed by atoms with Crippen LogP contribution in [0.25, 0.3) is 10.9 Å². The molecule has 2 rings (SSSR count). The van der Waals surface area contributed by atoms with E-state index >= 15 is 0 Å². The van der Waals surface area contributed by atoms with E-state index in [-0.39, 0.29) is 6.04 Å². The number of rotatable bonds is 3. The number of hydrogen-bond acceptors (Lipinski definition) is 1. The van der Waals surface area contributed by atoms with Gasteiger partial charge in [0.05, 0.1) is 0 Å². The van der Waals surface area contributed by atoms with Crippen LogP contribution in [0.15, 0.2) is 12.1 Å². The Morgan fingerprint density at radius 3 is 2.59 bits per heavy atom. The van der Waals surface area contributed by atoms with E-state index in [1.807, 2.05) is 0 Å². The van der Waals surface area contributed by atoms with Gasteiger partial charge >= 0.3 is 0 Å². The van der Waals surface area contributed by atoms with E-state index in [2.05, 4.69) is 44.8 Å². The van der Waals surface area contributed by atoms with Crippen LogP contribution in [-0.4, -0.2) is 11.0 Å². The number of benzene rings is 1. The molecule has 1 atom stereocenters. The fraction of sp³-hybridized carbons (Fsp3) is 0.467. The monoisotopic (exact) mass is 230 g/mol. The fourth-order valence-corrected chi connectivity index (χ4v) is 2.53. The third-order valence-corrected chi connectivity index (χ3v) is 3.42. The Kier molecular flexibility index (Phi) is 3.25. The number of H-pyrrole nitrogens is 1. The van der Waals surface area contributed by atoms with Crippen LogP contribution >= 0.6 is 0 Å². The van der Waals surface area contributed by atoms with Crippen molar-refractivity contribution in [2.45, 2.75) is 46.6 Å². The van der Waals surface area contributed by atoms with Crippen LogP contribution in [0.3, 0.4) is 0 Å². The molecule has 3 N–H and O–H groups in total. The van der Waals surface area contributed by atoms with E-state index in [0.717, 1.165) is 12.8 Å². The summed E-state index contributed by atoms with van der Waals surface area (Å²) in [5, 5.41) is 1.38. The van der Waals surface area contributed by atoms with Crippen molar-refractivity contribution in [2.75, 3.05) is 0 Å². The minimum absolute atomic E-state index is 0.269. The molecule has 0 spiro atoms. The topological polar surface area (TPSA) is 41.8 Å². The fourth-order valence-electron chi connectivity index (χ4n) is 2.53. The maximum atomic E-state index is 5.85. The molecule has 92 valence electrons. The highest BCUT2D eigenvalue weighted by Gasteiger charge is 2.11. The predicted molar refractivity (Wildman–Crippen MR) is 74.5 cm³/mol. The molecule has 17 heavy (non-hydrogen) atoms. The largest absolute Gasteiger partial charge is 0.358 e. The van der Waals surface area contributed by atoms with Gasteiger partial charge in [-0.25, -0.2) is 0 Å². The summed E-state index contributed by atoms with van der Waals surface area (Å²) in [4.78, 5) is 3.51. The summed E-state index contributed by atoms with van der Waals surface area (Å²) in [7, 11) is 0. The van der Waals surface area contributed by atoms with Crippen LogP contribution in [0.4, 0.5) is 0 Å². The molecule has 0 amide bonds. The lowest BCUT2D eigenvalue weighted by Gasteiger charge is -2.06. The van der Waals surface area contributed by atoms with Gasteiger partial charge in [0.1, 0.15) is 0 Å². The number of aromatic amines is 1. The molecule has 2 aromatic rings. The zero-order valence-corrected chi connectivity index (χ0v) is 11.2. The maximum Gasteiger partial charge on any atom is 0.0488 e. The van der Waals surface area contributed by atoms with Gasteiger partial charge in [0.15, 0.2) is 0 Å². The van der Waals surface area contributed by atoms with Crippen molar-refractivity contribution in [1.82, 2.24) is 4.98 Å². The SMILES string of the molecule is Cc1cc(C)c2[nH]c(C)c(CCC(C)N)c2c1. The summed E-state index contributed by atoms with van der Waals surface area (Å²) < 4.78 is 0. The van der Waals surface area contributed by atoms with Crippen molar-refractivity contribution >= 4 is 10.9 Å².